The highest BCUT2D eigenvalue weighted by Crippen LogP contribution is 2.57. The molecule has 3 N–H and O–H groups in total. The molecule has 8 atom stereocenters. The van der Waals surface area contributed by atoms with Crippen molar-refractivity contribution in [3.05, 3.63) is 219 Å². The number of anilines is 2. The summed E-state index contributed by atoms with van der Waals surface area (Å²) in [5.74, 6) is -0.258. The number of nitrogens with zero attached hydrogens (tertiary/aromatic N) is 8. The quantitative estimate of drug-likeness (QED) is 0.0233. The van der Waals surface area contributed by atoms with E-state index in [0.717, 1.165) is 0 Å². The first-order chi connectivity index (χ1) is 47.4. The number of hydrogen-bond donors (Lipinski definition) is 3. The molecule has 2 aliphatic rings. The molecular formula is C67H63Cl2N11O16P2. The lowest BCUT2D eigenvalue weighted by Crippen LogP contribution is -2.38. The van der Waals surface area contributed by atoms with Crippen molar-refractivity contribution in [3.63, 3.8) is 0 Å². The van der Waals surface area contributed by atoms with Gasteiger partial charge in [-0.05, 0) is 102 Å². The number of benzene rings is 6. The Bertz CT molecular complexity index is 4600. The van der Waals surface area contributed by atoms with Gasteiger partial charge < -0.3 is 38.0 Å². The molecule has 2 fully saturated rings. The summed E-state index contributed by atoms with van der Waals surface area (Å²) in [6, 6.07) is 46.4. The van der Waals surface area contributed by atoms with Crippen molar-refractivity contribution >= 4 is 84.8 Å². The number of hydrogen-bond acceptors (Lipinski definition) is 22. The Morgan fingerprint density at radius 1 is 0.653 bits per heavy atom. The van der Waals surface area contributed by atoms with Gasteiger partial charge in [0.25, 0.3) is 11.5 Å². The van der Waals surface area contributed by atoms with Gasteiger partial charge in [-0.15, -0.1) is 0 Å². The second-order valence-electron chi connectivity index (χ2n) is 22.6. The molecule has 2 amide bonds. The van der Waals surface area contributed by atoms with Gasteiger partial charge in [-0.3, -0.25) is 51.9 Å². The molecule has 0 radical (unpaired) electrons. The molecule has 98 heavy (non-hydrogen) atoms. The van der Waals surface area contributed by atoms with Crippen LogP contribution in [-0.2, 0) is 51.8 Å². The predicted octanol–water partition coefficient (Wildman–Crippen LogP) is 12.8. The van der Waals surface area contributed by atoms with Crippen LogP contribution in [0.1, 0.15) is 72.6 Å². The summed E-state index contributed by atoms with van der Waals surface area (Å²) in [6.07, 6.45) is -4.04. The summed E-state index contributed by atoms with van der Waals surface area (Å²) in [6.45, 7) is 1.94. The Hall–Kier alpha value is -9.39. The molecule has 6 heterocycles. The molecule has 0 spiro atoms. The van der Waals surface area contributed by atoms with Gasteiger partial charge >= 0.3 is 15.6 Å². The SMILES string of the molecule is COc1ccc(C(OC[C@H]2O[C@@H](n3cnc4c(=O)[nH]c(NC(=O)C(C)C)nc43)C[C@@H]2OP(=O)(OC[C@H]2O[C@@H](n3cnc4c(NC(=O)c5ccccc5)ncnc43)C[C@@H]2OP(=O)(OCCC#N)Oc2ccc(Cl)cc2)Oc2ccc(Cl)cc2)(c2ccccc2)c2ccc(OC)cc2)cc1. The van der Waals surface area contributed by atoms with Crippen molar-refractivity contribution < 1.29 is 69.5 Å². The number of methoxy groups -OCH3 is 2. The summed E-state index contributed by atoms with van der Waals surface area (Å²) in [5.41, 5.74) is 0.588. The first kappa shape index (κ1) is 68.5. The number of rotatable bonds is 28. The Morgan fingerprint density at radius 2 is 1.16 bits per heavy atom. The van der Waals surface area contributed by atoms with E-state index in [1.54, 1.807) is 58.4 Å². The van der Waals surface area contributed by atoms with Gasteiger partial charge in [0, 0.05) is 34.4 Å². The van der Waals surface area contributed by atoms with Crippen LogP contribution in [0.4, 0.5) is 11.8 Å². The molecule has 6 aromatic carbocycles. The number of imidazole rings is 2. The number of carbonyl (C=O) groups is 2. The number of phosphoric ester groups is 2. The Kier molecular flexibility index (Phi) is 21.1. The number of halogens is 2. The second kappa shape index (κ2) is 30.2. The molecular weight excluding hydrogens is 1350 g/mol. The number of carbonyl (C=O) groups excluding carboxylic acids is 2. The van der Waals surface area contributed by atoms with Crippen molar-refractivity contribution in [1.82, 2.24) is 39.0 Å². The molecule has 2 aliphatic heterocycles. The second-order valence-corrected chi connectivity index (χ2v) is 26.6. The van der Waals surface area contributed by atoms with Gasteiger partial charge in [-0.2, -0.15) is 10.2 Å². The lowest BCUT2D eigenvalue weighted by atomic mass is 9.80. The van der Waals surface area contributed by atoms with Crippen LogP contribution in [0.3, 0.4) is 0 Å². The average Bonchev–Trinajstić information content (AvgIpc) is 1.01. The highest BCUT2D eigenvalue weighted by atomic mass is 35.5. The van der Waals surface area contributed by atoms with Crippen LogP contribution in [0.5, 0.6) is 23.0 Å². The lowest BCUT2D eigenvalue weighted by molar-refractivity contribution is -0.119. The van der Waals surface area contributed by atoms with Gasteiger partial charge in [-0.1, -0.05) is 110 Å². The maximum Gasteiger partial charge on any atom is 0.530 e. The highest BCUT2D eigenvalue weighted by molar-refractivity contribution is 7.49. The van der Waals surface area contributed by atoms with Crippen molar-refractivity contribution in [2.24, 2.45) is 5.92 Å². The smallest absolute Gasteiger partial charge is 0.497 e. The maximum absolute atomic E-state index is 16.3. The van der Waals surface area contributed by atoms with E-state index in [4.69, 9.17) is 74.0 Å². The highest BCUT2D eigenvalue weighted by Gasteiger charge is 2.50. The van der Waals surface area contributed by atoms with Gasteiger partial charge in [-0.25, -0.2) is 29.1 Å². The number of aromatic amines is 1. The fraction of sp³-hybridized carbons (Fsp3) is 0.269. The average molecular weight is 1410 g/mol. The van der Waals surface area contributed by atoms with E-state index < -0.39 is 94.6 Å². The van der Waals surface area contributed by atoms with Gasteiger partial charge in [0.15, 0.2) is 28.1 Å². The Morgan fingerprint density at radius 3 is 1.71 bits per heavy atom. The van der Waals surface area contributed by atoms with Crippen LogP contribution in [-0.4, -0.2) is 109 Å². The topological polar surface area (TPSA) is 325 Å². The maximum atomic E-state index is 16.3. The molecule has 4 aromatic heterocycles. The summed E-state index contributed by atoms with van der Waals surface area (Å²) < 4.78 is 104. The van der Waals surface area contributed by atoms with Crippen LogP contribution in [0.15, 0.2) is 182 Å². The molecule has 0 bridgehead atoms. The summed E-state index contributed by atoms with van der Waals surface area (Å²) in [5, 5.41) is 15.7. The zero-order valence-electron chi connectivity index (χ0n) is 52.8. The Balaban J connectivity index is 0.929. The minimum atomic E-state index is -5.11. The number of ether oxygens (including phenoxy) is 5. The van der Waals surface area contributed by atoms with E-state index in [1.165, 1.54) is 76.6 Å². The van der Waals surface area contributed by atoms with Gasteiger partial charge in [0.2, 0.25) is 11.9 Å². The summed E-state index contributed by atoms with van der Waals surface area (Å²) >= 11 is 12.6. The van der Waals surface area contributed by atoms with E-state index in [1.807, 2.05) is 84.9 Å². The molecule has 2 unspecified atom stereocenters. The number of nitriles is 1. The van der Waals surface area contributed by atoms with E-state index in [0.29, 0.717) is 43.8 Å². The van der Waals surface area contributed by atoms with Crippen molar-refractivity contribution in [2.75, 3.05) is 44.7 Å². The molecule has 506 valence electrons. The minimum Gasteiger partial charge on any atom is -0.497 e. The third-order valence-electron chi connectivity index (χ3n) is 15.9. The van der Waals surface area contributed by atoms with E-state index in [9.17, 15) is 19.6 Å². The number of amides is 2. The normalized spacial score (nSPS) is 19.0. The third kappa shape index (κ3) is 15.5. The van der Waals surface area contributed by atoms with Gasteiger partial charge in [0.05, 0.1) is 59.2 Å². The fourth-order valence-electron chi connectivity index (χ4n) is 11.0. The molecule has 27 nitrogen and oxygen atoms in total. The number of H-pyrrole nitrogens is 1. The van der Waals surface area contributed by atoms with Crippen LogP contribution >= 0.6 is 38.8 Å². The molecule has 0 aliphatic carbocycles. The monoisotopic (exact) mass is 1410 g/mol. The standard InChI is InChI=1S/C67H63Cl2N11O16P2/c1-41(2)63(81)77-66-76-62-59(65(83)78-66)74-40-80(62)57-34-52(54(91-57)36-88-67(43-14-9-6-10-15-43,44-16-24-48(86-3)25-17-44)45-18-26-49(87-4)27-19-45)96-98(85,94-51-30-22-47(69)23-31-51)90-37-55-53(95-97(84,89-33-11-32-70)93-50-28-20-46(68)21-29-50)35-56(92-55)79-39-73-58-60(71-38-72-61(58)79)75-64(82)42-12-7-5-8-13-42/h5-10,12-31,38-41,52-57H,11,33-37H2,1-4H3,(H,71,72,75,82)(H2,76,77,78,81,83)/t52-,53-,54+,55+,56+,57+,97?,98?/m0/s1. The number of phosphoric acid groups is 2. The molecule has 31 heteroatoms. The third-order valence-corrected chi connectivity index (χ3v) is 19.3. The fourth-order valence-corrected chi connectivity index (χ4v) is 14.1. The molecule has 10 aromatic rings. The molecule has 0 saturated carbocycles. The summed E-state index contributed by atoms with van der Waals surface area (Å²) in [7, 11) is -6.76. The first-order valence-electron chi connectivity index (χ1n) is 30.7. The lowest BCUT2D eigenvalue weighted by Gasteiger charge is -2.37. The van der Waals surface area contributed by atoms with E-state index >= 15 is 9.13 Å². The van der Waals surface area contributed by atoms with Crippen molar-refractivity contribution in [1.29, 1.82) is 5.26 Å². The molecule has 12 rings (SSSR count). The van der Waals surface area contributed by atoms with Crippen molar-refractivity contribution in [2.45, 2.75) is 75.6 Å². The van der Waals surface area contributed by atoms with Crippen LogP contribution in [0.25, 0.3) is 22.3 Å². The number of aromatic nitrogens is 8. The van der Waals surface area contributed by atoms with Crippen LogP contribution in [0.2, 0.25) is 10.0 Å². The Labute approximate surface area is 570 Å². The van der Waals surface area contributed by atoms with Crippen LogP contribution < -0.4 is 34.7 Å². The number of nitrogens with one attached hydrogen (secondary N) is 3. The van der Waals surface area contributed by atoms with Crippen LogP contribution in [0, 0.1) is 17.2 Å². The summed E-state index contributed by atoms with van der Waals surface area (Å²) in [4.78, 5) is 65.0. The van der Waals surface area contributed by atoms with Gasteiger partial charge in [0.1, 0.15) is 71.8 Å². The largest absolute Gasteiger partial charge is 0.530 e. The number of fused-ring (bicyclic) bond motifs is 2. The molecule has 2 saturated heterocycles. The van der Waals surface area contributed by atoms with Crippen molar-refractivity contribution in [3.8, 4) is 29.1 Å². The zero-order valence-corrected chi connectivity index (χ0v) is 56.1. The zero-order chi connectivity index (χ0) is 68.6. The first-order valence-corrected chi connectivity index (χ1v) is 34.3. The van der Waals surface area contributed by atoms with E-state index in [2.05, 4.69) is 40.5 Å². The predicted molar refractivity (Wildman–Crippen MR) is 358 cm³/mol. The minimum absolute atomic E-state index is 0.0169. The van der Waals surface area contributed by atoms with E-state index in [-0.39, 0.29) is 71.5 Å².